The van der Waals surface area contributed by atoms with Gasteiger partial charge >= 0.3 is 0 Å². The zero-order valence-electron chi connectivity index (χ0n) is 11.3. The number of nitrogens with one attached hydrogen (secondary N) is 1. The molecule has 20 heavy (non-hydrogen) atoms. The second-order valence-electron chi connectivity index (χ2n) is 4.13. The summed E-state index contributed by atoms with van der Waals surface area (Å²) in [6.45, 7) is 2.68. The summed E-state index contributed by atoms with van der Waals surface area (Å²) in [6.07, 6.45) is 3.26. The first-order chi connectivity index (χ1) is 9.63. The molecule has 0 atom stereocenters. The van der Waals surface area contributed by atoms with Gasteiger partial charge < -0.3 is 10.2 Å². The summed E-state index contributed by atoms with van der Waals surface area (Å²) in [7, 11) is 1.66. The van der Waals surface area contributed by atoms with Crippen LogP contribution in [0.15, 0.2) is 36.7 Å². The van der Waals surface area contributed by atoms with Crippen LogP contribution in [0, 0.1) is 0 Å². The molecule has 2 aromatic rings. The minimum Gasteiger partial charge on any atom is -0.370 e. The lowest BCUT2D eigenvalue weighted by Gasteiger charge is -2.17. The molecule has 0 aromatic carbocycles. The van der Waals surface area contributed by atoms with Crippen LogP contribution in [0.5, 0.6) is 0 Å². The Hall–Kier alpha value is -2.14. The lowest BCUT2D eigenvalue weighted by molar-refractivity contribution is 0.0988. The third-order valence-electron chi connectivity index (χ3n) is 2.74. The molecule has 104 valence electrons. The molecule has 0 bridgehead atoms. The van der Waals surface area contributed by atoms with E-state index in [9.17, 15) is 4.79 Å². The largest absolute Gasteiger partial charge is 0.370 e. The van der Waals surface area contributed by atoms with Gasteiger partial charge in [0.2, 0.25) is 0 Å². The molecule has 5 nitrogen and oxygen atoms in total. The number of nitrogens with zero attached hydrogens (tertiary/aromatic N) is 3. The lowest BCUT2D eigenvalue weighted by atomic mass is 10.3. The van der Waals surface area contributed by atoms with Gasteiger partial charge in [0.05, 0.1) is 16.9 Å². The lowest BCUT2D eigenvalue weighted by Crippen LogP contribution is -2.27. The number of carbonyl (C=O) groups excluding carboxylic acids is 1. The van der Waals surface area contributed by atoms with E-state index in [2.05, 4.69) is 15.3 Å². The van der Waals surface area contributed by atoms with E-state index in [1.165, 1.54) is 4.90 Å². The summed E-state index contributed by atoms with van der Waals surface area (Å²) in [5.74, 6) is 0.350. The Balaban J connectivity index is 2.31. The Kier molecular flexibility index (Phi) is 4.53. The topological polar surface area (TPSA) is 58.1 Å². The highest BCUT2D eigenvalue weighted by molar-refractivity contribution is 6.34. The van der Waals surface area contributed by atoms with Gasteiger partial charge in [0.25, 0.3) is 5.91 Å². The maximum atomic E-state index is 12.4. The molecule has 6 heteroatoms. The first kappa shape index (κ1) is 14.3. The van der Waals surface area contributed by atoms with Crippen LogP contribution in [0.1, 0.15) is 17.4 Å². The van der Waals surface area contributed by atoms with Crippen LogP contribution in [0.2, 0.25) is 5.02 Å². The van der Waals surface area contributed by atoms with Crippen molar-refractivity contribution in [3.63, 3.8) is 0 Å². The number of amides is 1. The predicted molar refractivity (Wildman–Crippen MR) is 80.4 cm³/mol. The normalized spacial score (nSPS) is 10.2. The molecule has 0 aliphatic rings. The van der Waals surface area contributed by atoms with Gasteiger partial charge in [-0.3, -0.25) is 9.78 Å². The fourth-order valence-electron chi connectivity index (χ4n) is 1.70. The number of rotatable bonds is 4. The Bertz CT molecular complexity index is 603. The van der Waals surface area contributed by atoms with E-state index in [-0.39, 0.29) is 11.6 Å². The Morgan fingerprint density at radius 1 is 1.40 bits per heavy atom. The first-order valence-electron chi connectivity index (χ1n) is 6.22. The smallest absolute Gasteiger partial charge is 0.278 e. The number of pyridine rings is 2. The first-order valence-corrected chi connectivity index (χ1v) is 6.59. The molecular formula is C14H15ClN4O. The molecule has 0 saturated carbocycles. The van der Waals surface area contributed by atoms with Gasteiger partial charge in [0.1, 0.15) is 11.5 Å². The van der Waals surface area contributed by atoms with Gasteiger partial charge in [0.15, 0.2) is 0 Å². The summed E-state index contributed by atoms with van der Waals surface area (Å²) in [6, 6.07) is 6.97. The summed E-state index contributed by atoms with van der Waals surface area (Å²) in [5.41, 5.74) is 0.903. The molecule has 2 heterocycles. The third-order valence-corrected chi connectivity index (χ3v) is 3.05. The fourth-order valence-corrected chi connectivity index (χ4v) is 1.89. The van der Waals surface area contributed by atoms with Crippen LogP contribution < -0.4 is 10.2 Å². The van der Waals surface area contributed by atoms with Crippen molar-refractivity contribution in [2.24, 2.45) is 0 Å². The number of halogens is 1. The Morgan fingerprint density at radius 2 is 2.20 bits per heavy atom. The zero-order chi connectivity index (χ0) is 14.5. The average molecular weight is 291 g/mol. The van der Waals surface area contributed by atoms with E-state index in [4.69, 9.17) is 11.6 Å². The van der Waals surface area contributed by atoms with Crippen molar-refractivity contribution in [2.45, 2.75) is 6.92 Å². The SMILES string of the molecule is CCNc1ccc(Cl)c(C(=O)N(C)c2cccnc2)n1. The van der Waals surface area contributed by atoms with E-state index in [0.29, 0.717) is 16.5 Å². The highest BCUT2D eigenvalue weighted by Crippen LogP contribution is 2.20. The van der Waals surface area contributed by atoms with Gasteiger partial charge in [-0.2, -0.15) is 0 Å². The van der Waals surface area contributed by atoms with Crippen molar-refractivity contribution in [1.82, 2.24) is 9.97 Å². The highest BCUT2D eigenvalue weighted by atomic mass is 35.5. The quantitative estimate of drug-likeness (QED) is 0.941. The van der Waals surface area contributed by atoms with Crippen molar-refractivity contribution in [3.05, 3.63) is 47.4 Å². The van der Waals surface area contributed by atoms with Gasteiger partial charge in [-0.05, 0) is 31.2 Å². The fraction of sp³-hybridized carbons (Fsp3) is 0.214. The number of hydrogen-bond donors (Lipinski definition) is 1. The van der Waals surface area contributed by atoms with Crippen LogP contribution in [-0.2, 0) is 0 Å². The number of hydrogen-bond acceptors (Lipinski definition) is 4. The molecule has 0 aliphatic heterocycles. The molecule has 2 aromatic heterocycles. The molecule has 0 saturated heterocycles. The molecule has 1 N–H and O–H groups in total. The minimum atomic E-state index is -0.275. The van der Waals surface area contributed by atoms with Crippen LogP contribution >= 0.6 is 11.6 Å². The van der Waals surface area contributed by atoms with Gasteiger partial charge in [-0.25, -0.2) is 4.98 Å². The second-order valence-corrected chi connectivity index (χ2v) is 4.54. The van der Waals surface area contributed by atoms with Crippen LogP contribution in [0.3, 0.4) is 0 Å². The van der Waals surface area contributed by atoms with Gasteiger partial charge in [-0.15, -0.1) is 0 Å². The zero-order valence-corrected chi connectivity index (χ0v) is 12.1. The van der Waals surface area contributed by atoms with Crippen molar-refractivity contribution in [3.8, 4) is 0 Å². The van der Waals surface area contributed by atoms with Crippen LogP contribution in [-0.4, -0.2) is 29.5 Å². The third kappa shape index (κ3) is 3.05. The molecule has 1 amide bonds. The van der Waals surface area contributed by atoms with Gasteiger partial charge in [0, 0.05) is 19.8 Å². The summed E-state index contributed by atoms with van der Waals surface area (Å²) >= 11 is 6.07. The predicted octanol–water partition coefficient (Wildman–Crippen LogP) is 2.84. The molecule has 0 spiro atoms. The van der Waals surface area contributed by atoms with Crippen LogP contribution in [0.4, 0.5) is 11.5 Å². The summed E-state index contributed by atoms with van der Waals surface area (Å²) in [4.78, 5) is 22.2. The van der Waals surface area contributed by atoms with Crippen molar-refractivity contribution < 1.29 is 4.79 Å². The molecule has 0 radical (unpaired) electrons. The number of carbonyl (C=O) groups is 1. The maximum Gasteiger partial charge on any atom is 0.278 e. The van der Waals surface area contributed by atoms with E-state index >= 15 is 0 Å². The molecule has 0 unspecified atom stereocenters. The maximum absolute atomic E-state index is 12.4. The molecule has 0 fully saturated rings. The molecule has 0 aliphatic carbocycles. The Morgan fingerprint density at radius 3 is 2.85 bits per heavy atom. The van der Waals surface area contributed by atoms with Crippen molar-refractivity contribution in [1.29, 1.82) is 0 Å². The number of aromatic nitrogens is 2. The van der Waals surface area contributed by atoms with E-state index < -0.39 is 0 Å². The van der Waals surface area contributed by atoms with E-state index in [1.54, 1.807) is 43.7 Å². The summed E-state index contributed by atoms with van der Waals surface area (Å²) in [5, 5.41) is 3.38. The summed E-state index contributed by atoms with van der Waals surface area (Å²) < 4.78 is 0. The van der Waals surface area contributed by atoms with Crippen molar-refractivity contribution >= 4 is 29.0 Å². The van der Waals surface area contributed by atoms with E-state index in [0.717, 1.165) is 6.54 Å². The number of anilines is 2. The monoisotopic (exact) mass is 290 g/mol. The minimum absolute atomic E-state index is 0.219. The molecule has 2 rings (SSSR count). The highest BCUT2D eigenvalue weighted by Gasteiger charge is 2.18. The molecular weight excluding hydrogens is 276 g/mol. The Labute approximate surface area is 122 Å². The van der Waals surface area contributed by atoms with E-state index in [1.807, 2.05) is 6.92 Å². The second kappa shape index (κ2) is 6.34. The van der Waals surface area contributed by atoms with Gasteiger partial charge in [-0.1, -0.05) is 11.6 Å². The van der Waals surface area contributed by atoms with Crippen molar-refractivity contribution in [2.75, 3.05) is 23.8 Å². The van der Waals surface area contributed by atoms with Crippen LogP contribution in [0.25, 0.3) is 0 Å². The average Bonchev–Trinajstić information content (AvgIpc) is 2.49. The standard InChI is InChI=1S/C14H15ClN4O/c1-3-17-12-7-6-11(15)13(18-12)14(20)19(2)10-5-4-8-16-9-10/h4-9H,3H2,1-2H3,(H,17,18).